The largest absolute Gasteiger partial charge is 0.348 e. The van der Waals surface area contributed by atoms with E-state index in [1.54, 1.807) is 18.5 Å². The highest BCUT2D eigenvalue weighted by Gasteiger charge is 2.14. The fourth-order valence-corrected chi connectivity index (χ4v) is 2.80. The highest BCUT2D eigenvalue weighted by molar-refractivity contribution is 7.13. The third-order valence-corrected chi connectivity index (χ3v) is 4.05. The fourth-order valence-electron chi connectivity index (χ4n) is 1.82. The number of amides is 1. The van der Waals surface area contributed by atoms with Gasteiger partial charge < -0.3 is 5.32 Å². The van der Waals surface area contributed by atoms with Gasteiger partial charge in [0.05, 0.1) is 10.7 Å². The minimum atomic E-state index is -0.0740. The van der Waals surface area contributed by atoms with Gasteiger partial charge in [-0.15, -0.1) is 17.9 Å². The molecule has 0 fully saturated rings. The molecule has 2 aromatic heterocycles. The van der Waals surface area contributed by atoms with Crippen LogP contribution < -0.4 is 5.32 Å². The molecule has 2 heterocycles. The van der Waals surface area contributed by atoms with Crippen molar-refractivity contribution in [2.75, 3.05) is 6.54 Å². The predicted octanol–water partition coefficient (Wildman–Crippen LogP) is 2.55. The van der Waals surface area contributed by atoms with E-state index in [4.69, 9.17) is 0 Å². The molecular formula is C15H17N3OS. The Balaban J connectivity index is 2.00. The zero-order valence-corrected chi connectivity index (χ0v) is 12.2. The molecule has 0 spiro atoms. The molecule has 2 aromatic rings. The van der Waals surface area contributed by atoms with Crippen molar-refractivity contribution >= 4 is 17.2 Å². The molecule has 0 aliphatic carbocycles. The first kappa shape index (κ1) is 14.4. The number of aryl methyl sites for hydroxylation is 3. The van der Waals surface area contributed by atoms with Gasteiger partial charge in [-0.05, 0) is 31.0 Å². The number of carbonyl (C=O) groups excluding carboxylic acids is 1. The molecule has 0 unspecified atom stereocenters. The zero-order chi connectivity index (χ0) is 14.4. The van der Waals surface area contributed by atoms with Gasteiger partial charge in [0.2, 0.25) is 0 Å². The molecule has 20 heavy (non-hydrogen) atoms. The van der Waals surface area contributed by atoms with Gasteiger partial charge in [-0.25, -0.2) is 4.98 Å². The van der Waals surface area contributed by atoms with Crippen molar-refractivity contribution in [3.63, 3.8) is 0 Å². The van der Waals surface area contributed by atoms with E-state index in [2.05, 4.69) is 21.9 Å². The molecule has 0 aliphatic heterocycles. The number of nitrogens with one attached hydrogen (secondary N) is 1. The average Bonchev–Trinajstić information content (AvgIpc) is 2.85. The van der Waals surface area contributed by atoms with E-state index in [0.29, 0.717) is 11.4 Å². The van der Waals surface area contributed by atoms with E-state index in [1.165, 1.54) is 16.9 Å². The second-order valence-corrected chi connectivity index (χ2v) is 5.46. The molecule has 0 bridgehead atoms. The summed E-state index contributed by atoms with van der Waals surface area (Å²) in [7, 11) is 0. The Morgan fingerprint density at radius 1 is 1.40 bits per heavy atom. The van der Waals surface area contributed by atoms with Crippen molar-refractivity contribution < 1.29 is 4.79 Å². The number of pyridine rings is 1. The molecular weight excluding hydrogens is 270 g/mol. The van der Waals surface area contributed by atoms with Crippen molar-refractivity contribution in [2.45, 2.75) is 19.8 Å². The fraction of sp³-hybridized carbons (Fsp3) is 0.267. The summed E-state index contributed by atoms with van der Waals surface area (Å²) in [6.07, 6.45) is 6.99. The van der Waals surface area contributed by atoms with Gasteiger partial charge in [-0.2, -0.15) is 0 Å². The molecule has 0 aromatic carbocycles. The third kappa shape index (κ3) is 3.74. The maximum absolute atomic E-state index is 11.9. The van der Waals surface area contributed by atoms with Gasteiger partial charge >= 0.3 is 0 Å². The van der Waals surface area contributed by atoms with Crippen LogP contribution in [-0.2, 0) is 12.8 Å². The Kier molecular flexibility index (Phi) is 5.01. The number of carbonyl (C=O) groups is 1. The molecule has 5 heteroatoms. The smallest absolute Gasteiger partial charge is 0.263 e. The van der Waals surface area contributed by atoms with Gasteiger partial charge in [0, 0.05) is 25.4 Å². The summed E-state index contributed by atoms with van der Waals surface area (Å²) in [6, 6.07) is 4.00. The molecule has 1 N–H and O–H groups in total. The molecule has 0 saturated heterocycles. The van der Waals surface area contributed by atoms with Crippen molar-refractivity contribution in [3.8, 4) is 0 Å². The van der Waals surface area contributed by atoms with E-state index >= 15 is 0 Å². The third-order valence-electron chi connectivity index (χ3n) is 2.83. The van der Waals surface area contributed by atoms with E-state index in [9.17, 15) is 4.79 Å². The van der Waals surface area contributed by atoms with Crippen LogP contribution in [0.1, 0.15) is 25.9 Å². The van der Waals surface area contributed by atoms with Crippen LogP contribution in [0, 0.1) is 6.92 Å². The lowest BCUT2D eigenvalue weighted by molar-refractivity contribution is 0.0961. The second-order valence-electron chi connectivity index (χ2n) is 4.38. The van der Waals surface area contributed by atoms with Crippen LogP contribution >= 0.6 is 11.3 Å². The highest BCUT2D eigenvalue weighted by atomic mass is 32.1. The normalized spacial score (nSPS) is 10.2. The Bertz CT molecular complexity index is 592. The number of hydrogen-bond acceptors (Lipinski definition) is 4. The molecule has 0 radical (unpaired) electrons. The lowest BCUT2D eigenvalue weighted by atomic mass is 10.1. The van der Waals surface area contributed by atoms with Gasteiger partial charge in [-0.3, -0.25) is 9.78 Å². The number of thiazole rings is 1. The quantitative estimate of drug-likeness (QED) is 0.831. The van der Waals surface area contributed by atoms with Crippen LogP contribution in [0.3, 0.4) is 0 Å². The van der Waals surface area contributed by atoms with Crippen molar-refractivity contribution in [1.29, 1.82) is 0 Å². The van der Waals surface area contributed by atoms with Crippen LogP contribution in [0.25, 0.3) is 0 Å². The topological polar surface area (TPSA) is 54.9 Å². The molecule has 0 saturated carbocycles. The van der Waals surface area contributed by atoms with Crippen molar-refractivity contribution in [3.05, 3.63) is 58.3 Å². The molecule has 4 nitrogen and oxygen atoms in total. The summed E-state index contributed by atoms with van der Waals surface area (Å²) in [5.74, 6) is -0.0740. The first-order chi connectivity index (χ1) is 9.70. The van der Waals surface area contributed by atoms with Crippen molar-refractivity contribution in [2.24, 2.45) is 0 Å². The number of hydrogen-bond donors (Lipinski definition) is 1. The summed E-state index contributed by atoms with van der Waals surface area (Å²) in [4.78, 5) is 21.1. The van der Waals surface area contributed by atoms with Crippen molar-refractivity contribution in [1.82, 2.24) is 15.3 Å². The summed E-state index contributed by atoms with van der Waals surface area (Å²) in [6.45, 7) is 5.93. The minimum Gasteiger partial charge on any atom is -0.348 e. The lowest BCUT2D eigenvalue weighted by Crippen LogP contribution is -2.22. The summed E-state index contributed by atoms with van der Waals surface area (Å²) in [5, 5.41) is 3.77. The maximum atomic E-state index is 11.9. The Labute approximate surface area is 122 Å². The molecule has 0 atom stereocenters. The second kappa shape index (κ2) is 6.96. The Hall–Kier alpha value is -2.01. The first-order valence-electron chi connectivity index (χ1n) is 6.45. The number of nitrogens with zero attached hydrogens (tertiary/aromatic N) is 2. The minimum absolute atomic E-state index is 0.0740. The SMILES string of the molecule is C=CCNC(=O)c1sc(CCc2ccncc2)nc1C. The molecule has 0 aliphatic rings. The van der Waals surface area contributed by atoms with Gasteiger partial charge in [-0.1, -0.05) is 6.08 Å². The van der Waals surface area contributed by atoms with Crippen LogP contribution in [0.15, 0.2) is 37.2 Å². The van der Waals surface area contributed by atoms with E-state index in [1.807, 2.05) is 19.1 Å². The van der Waals surface area contributed by atoms with E-state index in [-0.39, 0.29) is 5.91 Å². The molecule has 1 amide bonds. The van der Waals surface area contributed by atoms with Crippen LogP contribution in [-0.4, -0.2) is 22.4 Å². The van der Waals surface area contributed by atoms with Gasteiger partial charge in [0.25, 0.3) is 5.91 Å². The van der Waals surface area contributed by atoms with E-state index < -0.39 is 0 Å². The molecule has 2 rings (SSSR count). The van der Waals surface area contributed by atoms with Gasteiger partial charge in [0.15, 0.2) is 0 Å². The Morgan fingerprint density at radius 2 is 2.15 bits per heavy atom. The highest BCUT2D eigenvalue weighted by Crippen LogP contribution is 2.19. The number of aromatic nitrogens is 2. The summed E-state index contributed by atoms with van der Waals surface area (Å²) in [5.41, 5.74) is 2.02. The van der Waals surface area contributed by atoms with E-state index in [0.717, 1.165) is 23.5 Å². The van der Waals surface area contributed by atoms with Gasteiger partial charge in [0.1, 0.15) is 4.88 Å². The zero-order valence-electron chi connectivity index (χ0n) is 11.4. The molecule has 104 valence electrons. The maximum Gasteiger partial charge on any atom is 0.263 e. The first-order valence-corrected chi connectivity index (χ1v) is 7.26. The predicted molar refractivity (Wildman–Crippen MR) is 81.0 cm³/mol. The monoisotopic (exact) mass is 287 g/mol. The summed E-state index contributed by atoms with van der Waals surface area (Å²) < 4.78 is 0. The van der Waals surface area contributed by atoms with Crippen LogP contribution in [0.5, 0.6) is 0 Å². The summed E-state index contributed by atoms with van der Waals surface area (Å²) >= 11 is 1.46. The van der Waals surface area contributed by atoms with Crippen LogP contribution in [0.4, 0.5) is 0 Å². The lowest BCUT2D eigenvalue weighted by Gasteiger charge is -1.99. The standard InChI is InChI=1S/C15H17N3OS/c1-3-8-17-15(19)14-11(2)18-13(20-14)5-4-12-6-9-16-10-7-12/h3,6-7,9-10H,1,4-5,8H2,2H3,(H,17,19). The number of rotatable bonds is 6. The van der Waals surface area contributed by atoms with Crippen LogP contribution in [0.2, 0.25) is 0 Å². The Morgan fingerprint density at radius 3 is 2.85 bits per heavy atom. The average molecular weight is 287 g/mol.